The van der Waals surface area contributed by atoms with Crippen molar-refractivity contribution in [3.8, 4) is 27.4 Å². The van der Waals surface area contributed by atoms with E-state index < -0.39 is 9.84 Å². The highest BCUT2D eigenvalue weighted by molar-refractivity contribution is 7.92. The number of aryl methyl sites for hydroxylation is 1. The molecule has 35 heavy (non-hydrogen) atoms. The van der Waals surface area contributed by atoms with Crippen molar-refractivity contribution in [2.75, 3.05) is 0 Å². The summed E-state index contributed by atoms with van der Waals surface area (Å²) in [5, 5.41) is 0.980. The molecule has 1 aliphatic rings. The first-order chi connectivity index (χ1) is 17.1. The number of para-hydroxylation sites is 2. The number of aromatic nitrogens is 3. The van der Waals surface area contributed by atoms with E-state index in [1.54, 1.807) is 29.5 Å². The molecule has 0 amide bonds. The molecule has 0 bridgehead atoms. The number of thiazole rings is 1. The van der Waals surface area contributed by atoms with Crippen molar-refractivity contribution in [3.05, 3.63) is 90.8 Å². The van der Waals surface area contributed by atoms with Gasteiger partial charge in [0, 0.05) is 17.5 Å². The van der Waals surface area contributed by atoms with E-state index in [-0.39, 0.29) is 0 Å². The van der Waals surface area contributed by atoms with Crippen molar-refractivity contribution in [3.63, 3.8) is 0 Å². The van der Waals surface area contributed by atoms with E-state index in [1.165, 1.54) is 0 Å². The summed E-state index contributed by atoms with van der Waals surface area (Å²) < 4.78 is 30.1. The first-order valence-electron chi connectivity index (χ1n) is 11.4. The van der Waals surface area contributed by atoms with Crippen molar-refractivity contribution in [2.45, 2.75) is 23.1 Å². The minimum Gasteiger partial charge on any atom is -0.294 e. The van der Waals surface area contributed by atoms with Gasteiger partial charge in [-0.25, -0.2) is 18.4 Å². The van der Waals surface area contributed by atoms with Crippen LogP contribution >= 0.6 is 11.3 Å². The van der Waals surface area contributed by atoms with E-state index in [9.17, 15) is 8.42 Å². The maximum atomic E-state index is 13.5. The molecule has 0 radical (unpaired) electrons. The van der Waals surface area contributed by atoms with E-state index >= 15 is 0 Å². The van der Waals surface area contributed by atoms with E-state index in [1.807, 2.05) is 47.9 Å². The van der Waals surface area contributed by atoms with Crippen LogP contribution in [0, 0.1) is 0 Å². The number of imidazole rings is 1. The van der Waals surface area contributed by atoms with Crippen molar-refractivity contribution in [2.24, 2.45) is 0 Å². The molecule has 170 valence electrons. The third kappa shape index (κ3) is 2.89. The predicted molar refractivity (Wildman–Crippen MR) is 140 cm³/mol. The molecule has 7 heteroatoms. The topological polar surface area (TPSA) is 64.8 Å². The molecule has 0 spiro atoms. The second-order valence-electron chi connectivity index (χ2n) is 8.56. The minimum atomic E-state index is -3.62. The van der Waals surface area contributed by atoms with Gasteiger partial charge in [0.25, 0.3) is 0 Å². The van der Waals surface area contributed by atoms with E-state index in [0.717, 1.165) is 37.7 Å². The fourth-order valence-corrected chi connectivity index (χ4v) is 7.51. The van der Waals surface area contributed by atoms with Crippen LogP contribution in [0.25, 0.3) is 48.6 Å². The zero-order valence-electron chi connectivity index (χ0n) is 18.8. The molecule has 0 unspecified atom stereocenters. The third-order valence-corrected chi connectivity index (χ3v) is 9.49. The SMILES string of the molecule is CCc1nc2c(-c3ccc(-c4nc5ccccc5s4)cc3)ccc3c2n1-c1ccccc1S3(=O)=O. The summed E-state index contributed by atoms with van der Waals surface area (Å²) in [6, 6.07) is 27.2. The lowest BCUT2D eigenvalue weighted by Gasteiger charge is -2.21. The largest absolute Gasteiger partial charge is 0.294 e. The number of fused-ring (bicyclic) bond motifs is 3. The Balaban J connectivity index is 1.42. The van der Waals surface area contributed by atoms with Gasteiger partial charge in [-0.2, -0.15) is 0 Å². The van der Waals surface area contributed by atoms with Crippen LogP contribution < -0.4 is 0 Å². The molecule has 5 nitrogen and oxygen atoms in total. The van der Waals surface area contributed by atoms with Crippen molar-refractivity contribution < 1.29 is 8.42 Å². The van der Waals surface area contributed by atoms with Crippen molar-refractivity contribution in [1.29, 1.82) is 0 Å². The summed E-state index contributed by atoms with van der Waals surface area (Å²) in [5.41, 5.74) is 6.01. The van der Waals surface area contributed by atoms with Gasteiger partial charge in [-0.15, -0.1) is 11.3 Å². The molecule has 0 fully saturated rings. The molecular formula is C28H19N3O2S2. The summed E-state index contributed by atoms with van der Waals surface area (Å²) in [6.07, 6.45) is 0.693. The van der Waals surface area contributed by atoms with E-state index in [2.05, 4.69) is 30.3 Å². The summed E-state index contributed by atoms with van der Waals surface area (Å²) >= 11 is 1.68. The quantitative estimate of drug-likeness (QED) is 0.275. The van der Waals surface area contributed by atoms with Gasteiger partial charge in [-0.3, -0.25) is 4.57 Å². The average molecular weight is 494 g/mol. The highest BCUT2D eigenvalue weighted by Crippen LogP contribution is 2.42. The molecule has 0 N–H and O–H groups in total. The Morgan fingerprint density at radius 1 is 0.800 bits per heavy atom. The number of hydrogen-bond donors (Lipinski definition) is 0. The lowest BCUT2D eigenvalue weighted by molar-refractivity contribution is 0.594. The minimum absolute atomic E-state index is 0.313. The molecule has 0 saturated heterocycles. The second kappa shape index (κ2) is 7.34. The van der Waals surface area contributed by atoms with Gasteiger partial charge in [0.05, 0.1) is 36.7 Å². The van der Waals surface area contributed by atoms with E-state index in [4.69, 9.17) is 9.97 Å². The number of nitrogens with zero attached hydrogens (tertiary/aromatic N) is 3. The molecule has 3 heterocycles. The Morgan fingerprint density at radius 2 is 1.54 bits per heavy atom. The highest BCUT2D eigenvalue weighted by Gasteiger charge is 2.33. The third-order valence-electron chi connectivity index (χ3n) is 6.57. The molecule has 0 aliphatic carbocycles. The van der Waals surface area contributed by atoms with Crippen LogP contribution in [0.2, 0.25) is 0 Å². The Labute approximate surface area is 206 Å². The van der Waals surface area contributed by atoms with Crippen LogP contribution in [0.4, 0.5) is 0 Å². The number of benzene rings is 4. The molecule has 2 aromatic heterocycles. The fourth-order valence-electron chi connectivity index (χ4n) is 4.92. The van der Waals surface area contributed by atoms with Gasteiger partial charge >= 0.3 is 0 Å². The first kappa shape index (κ1) is 20.6. The summed E-state index contributed by atoms with van der Waals surface area (Å²) in [7, 11) is -3.62. The van der Waals surface area contributed by atoms with Gasteiger partial charge in [0.1, 0.15) is 10.8 Å². The molecule has 6 aromatic rings. The normalized spacial score (nSPS) is 13.9. The summed E-state index contributed by atoms with van der Waals surface area (Å²) in [4.78, 5) is 10.3. The zero-order valence-corrected chi connectivity index (χ0v) is 20.4. The lowest BCUT2D eigenvalue weighted by Crippen LogP contribution is -2.15. The molecule has 4 aromatic carbocycles. The van der Waals surface area contributed by atoms with Gasteiger partial charge < -0.3 is 0 Å². The Bertz CT molecular complexity index is 1870. The van der Waals surface area contributed by atoms with Gasteiger partial charge in [0.2, 0.25) is 9.84 Å². The van der Waals surface area contributed by atoms with Crippen LogP contribution in [0.1, 0.15) is 12.7 Å². The zero-order chi connectivity index (χ0) is 23.7. The van der Waals surface area contributed by atoms with Crippen LogP contribution in [-0.4, -0.2) is 23.0 Å². The van der Waals surface area contributed by atoms with Gasteiger partial charge in [0.15, 0.2) is 0 Å². The number of rotatable bonds is 3. The fraction of sp³-hybridized carbons (Fsp3) is 0.0714. The molecule has 0 atom stereocenters. The van der Waals surface area contributed by atoms with E-state index in [0.29, 0.717) is 32.9 Å². The number of sulfone groups is 1. The Hall–Kier alpha value is -3.81. The van der Waals surface area contributed by atoms with Crippen LogP contribution in [0.3, 0.4) is 0 Å². The standard InChI is InChI=1S/C28H19N3O2S2/c1-2-25-30-26-19(15-16-24-27(26)31(25)21-8-4-6-10-23(21)35(24,32)33)17-11-13-18(14-12-17)28-29-20-7-3-5-9-22(20)34-28/h3-16H,2H2,1H3. The average Bonchev–Trinajstić information content (AvgIpc) is 3.50. The van der Waals surface area contributed by atoms with Crippen LogP contribution in [0.5, 0.6) is 0 Å². The Kier molecular flexibility index (Phi) is 4.31. The monoisotopic (exact) mass is 493 g/mol. The highest BCUT2D eigenvalue weighted by atomic mass is 32.2. The summed E-state index contributed by atoms with van der Waals surface area (Å²) in [6.45, 7) is 2.04. The smallest absolute Gasteiger partial charge is 0.210 e. The molecular weight excluding hydrogens is 474 g/mol. The molecule has 7 rings (SSSR count). The van der Waals surface area contributed by atoms with Gasteiger partial charge in [-0.05, 0) is 35.9 Å². The van der Waals surface area contributed by atoms with Crippen LogP contribution in [0.15, 0.2) is 94.7 Å². The maximum absolute atomic E-state index is 13.5. The first-order valence-corrected chi connectivity index (χ1v) is 13.7. The lowest BCUT2D eigenvalue weighted by atomic mass is 10.0. The second-order valence-corrected chi connectivity index (χ2v) is 11.5. The summed E-state index contributed by atoms with van der Waals surface area (Å²) in [5.74, 6) is 0.849. The Morgan fingerprint density at radius 3 is 2.34 bits per heavy atom. The van der Waals surface area contributed by atoms with Crippen LogP contribution in [-0.2, 0) is 16.3 Å². The van der Waals surface area contributed by atoms with Crippen molar-refractivity contribution in [1.82, 2.24) is 14.5 Å². The molecule has 1 aliphatic heterocycles. The van der Waals surface area contributed by atoms with Gasteiger partial charge in [-0.1, -0.05) is 61.5 Å². The number of hydrogen-bond acceptors (Lipinski definition) is 5. The molecule has 0 saturated carbocycles. The maximum Gasteiger partial charge on any atom is 0.210 e. The van der Waals surface area contributed by atoms with Crippen molar-refractivity contribution >= 4 is 42.4 Å². The predicted octanol–water partition coefficient (Wildman–Crippen LogP) is 6.68.